The van der Waals surface area contributed by atoms with Gasteiger partial charge in [-0.1, -0.05) is 89.3 Å². The quantitative estimate of drug-likeness (QED) is 0.0294. The molecule has 59 heavy (non-hydrogen) atoms. The van der Waals surface area contributed by atoms with Gasteiger partial charge >= 0.3 is 5.97 Å². The number of hydrogen-bond donors (Lipinski definition) is 5. The highest BCUT2D eigenvalue weighted by Gasteiger charge is 2.23. The summed E-state index contributed by atoms with van der Waals surface area (Å²) in [6.45, 7) is 13.4. The van der Waals surface area contributed by atoms with Gasteiger partial charge in [0.15, 0.2) is 0 Å². The third kappa shape index (κ3) is 10.3. The Morgan fingerprint density at radius 1 is 0.746 bits per heavy atom. The minimum atomic E-state index is -0.398. The number of carbonyl (C=O) groups excluding carboxylic acids is 1. The van der Waals surface area contributed by atoms with Gasteiger partial charge in [0.25, 0.3) is 0 Å². The summed E-state index contributed by atoms with van der Waals surface area (Å²) in [4.78, 5) is 18.6. The first-order valence-electron chi connectivity index (χ1n) is 21.5. The number of aryl methyl sites for hydroxylation is 1. The van der Waals surface area contributed by atoms with E-state index in [1.54, 1.807) is 0 Å². The predicted molar refractivity (Wildman–Crippen MR) is 248 cm³/mol. The number of nitrogens with one attached hydrogen (secondary N) is 4. The summed E-state index contributed by atoms with van der Waals surface area (Å²) in [6, 6.07) is 30.5. The van der Waals surface area contributed by atoms with E-state index < -0.39 is 5.97 Å². The minimum Gasteiger partial charge on any atom is -0.465 e. The molecular formula is C50H62N6O3. The van der Waals surface area contributed by atoms with Crippen LogP contribution < -0.4 is 32.4 Å². The fourth-order valence-electron chi connectivity index (χ4n) is 7.52. The lowest BCUT2D eigenvalue weighted by molar-refractivity contribution is 0.0601. The van der Waals surface area contributed by atoms with Crippen LogP contribution in [-0.2, 0) is 4.74 Å². The first kappa shape index (κ1) is 42.8. The van der Waals surface area contributed by atoms with Crippen molar-refractivity contribution >= 4 is 51.1 Å². The normalized spacial score (nSPS) is 12.2. The summed E-state index contributed by atoms with van der Waals surface area (Å²) in [5.41, 5.74) is 18.2. The number of benzene rings is 5. The summed E-state index contributed by atoms with van der Waals surface area (Å²) in [6.07, 6.45) is 8.33. The zero-order valence-electron chi connectivity index (χ0n) is 35.8. The van der Waals surface area contributed by atoms with Crippen LogP contribution in [0.3, 0.4) is 0 Å². The van der Waals surface area contributed by atoms with Crippen molar-refractivity contribution in [1.29, 1.82) is 0 Å². The van der Waals surface area contributed by atoms with Crippen molar-refractivity contribution in [3.63, 3.8) is 0 Å². The maximum atomic E-state index is 13.3. The van der Waals surface area contributed by atoms with Gasteiger partial charge in [-0.3, -0.25) is 0 Å². The molecule has 4 aromatic rings. The number of nitrogens with two attached hydrogens (primary N) is 1. The number of fused-ring (bicyclic) bond motifs is 2. The molecule has 310 valence electrons. The van der Waals surface area contributed by atoms with Crippen LogP contribution in [0.2, 0.25) is 0 Å². The number of rotatable bonds is 20. The third-order valence-corrected chi connectivity index (χ3v) is 10.7. The second-order valence-electron chi connectivity index (χ2n) is 15.4. The number of para-hydroxylation sites is 2. The minimum absolute atomic E-state index is 0.148. The molecule has 6 N–H and O–H groups in total. The van der Waals surface area contributed by atoms with Gasteiger partial charge in [0, 0.05) is 60.0 Å². The van der Waals surface area contributed by atoms with Crippen LogP contribution >= 0.6 is 0 Å². The van der Waals surface area contributed by atoms with Crippen molar-refractivity contribution in [1.82, 2.24) is 0 Å². The van der Waals surface area contributed by atoms with Crippen molar-refractivity contribution in [2.24, 2.45) is 10.7 Å². The molecule has 1 unspecified atom stereocenters. The number of esters is 1. The Morgan fingerprint density at radius 3 is 2.07 bits per heavy atom. The van der Waals surface area contributed by atoms with E-state index in [1.807, 2.05) is 43.3 Å². The van der Waals surface area contributed by atoms with E-state index >= 15 is 0 Å². The van der Waals surface area contributed by atoms with E-state index in [-0.39, 0.29) is 6.04 Å². The Bertz CT molecular complexity index is 2360. The molecule has 2 aliphatic rings. The molecule has 1 aliphatic carbocycles. The van der Waals surface area contributed by atoms with Crippen molar-refractivity contribution in [2.45, 2.75) is 92.0 Å². The molecule has 0 fully saturated rings. The van der Waals surface area contributed by atoms with Crippen LogP contribution in [0.25, 0.3) is 33.4 Å². The number of unbranched alkanes of at least 4 members (excludes halogenated alkanes) is 3. The summed E-state index contributed by atoms with van der Waals surface area (Å²) in [7, 11) is 1.42. The smallest absolute Gasteiger partial charge is 0.338 e. The molecule has 1 atom stereocenters. The zero-order valence-corrected chi connectivity index (χ0v) is 35.8. The van der Waals surface area contributed by atoms with Gasteiger partial charge in [-0.25, -0.2) is 9.79 Å². The van der Waals surface area contributed by atoms with E-state index in [9.17, 15) is 4.79 Å². The molecule has 0 bridgehead atoms. The van der Waals surface area contributed by atoms with Crippen LogP contribution in [0.15, 0.2) is 100 Å². The Balaban J connectivity index is 1.57. The second-order valence-corrected chi connectivity index (χ2v) is 15.4. The highest BCUT2D eigenvalue weighted by molar-refractivity contribution is 6.08. The van der Waals surface area contributed by atoms with Gasteiger partial charge in [0.2, 0.25) is 0 Å². The molecule has 1 aliphatic heterocycles. The van der Waals surface area contributed by atoms with Crippen LogP contribution in [0, 0.1) is 6.92 Å². The number of hydrogen-bond acceptors (Lipinski definition) is 9. The molecule has 9 heteroatoms. The standard InChI is InChI=1S/C50H62N6O3/c1-7-11-27-52-42-18-14-17-37(41(51)16-10-4)48(42)55-34-22-25-38-45(31-34)59-46-32-35(23-26-39(46)47(38)40-30-33(5)21-24-36(40)50(57)58-6)56-49-43(53-28-12-8-2)19-15-20-44(49)54-29-13-9-3/h14-15,17-26,30-32,41,52-54,56H,7-13,16,27-29,51H2,1-6H3/b55-34+. The Kier molecular flexibility index (Phi) is 15.1. The van der Waals surface area contributed by atoms with Gasteiger partial charge < -0.3 is 36.2 Å². The SMILES string of the molecule is CCCCNc1cccc(C(N)CCC)c1/N=c1\ccc2c(-c3cc(C)ccc3C(=O)OC)c3ccc(Nc4c(NCCCC)cccc4NCCCC)cc3oc-2c1. The Hall–Kier alpha value is -5.80. The molecule has 9 nitrogen and oxygen atoms in total. The molecular weight excluding hydrogens is 733 g/mol. The van der Waals surface area contributed by atoms with Crippen molar-refractivity contribution in [3.05, 3.63) is 113 Å². The lowest BCUT2D eigenvalue weighted by Crippen LogP contribution is -2.12. The van der Waals surface area contributed by atoms with E-state index in [0.717, 1.165) is 144 Å². The lowest BCUT2D eigenvalue weighted by Gasteiger charge is -2.21. The first-order chi connectivity index (χ1) is 28.8. The van der Waals surface area contributed by atoms with E-state index in [4.69, 9.17) is 19.9 Å². The number of ether oxygens (including phenoxy) is 1. The van der Waals surface area contributed by atoms with Gasteiger partial charge in [-0.05, 0) is 92.3 Å². The average Bonchev–Trinajstić information content (AvgIpc) is 3.24. The monoisotopic (exact) mass is 794 g/mol. The van der Waals surface area contributed by atoms with Crippen LogP contribution in [-0.4, -0.2) is 32.7 Å². The summed E-state index contributed by atoms with van der Waals surface area (Å²) < 4.78 is 12.2. The average molecular weight is 795 g/mol. The van der Waals surface area contributed by atoms with Gasteiger partial charge in [0.05, 0.1) is 46.5 Å². The van der Waals surface area contributed by atoms with E-state index in [0.29, 0.717) is 16.9 Å². The van der Waals surface area contributed by atoms with Gasteiger partial charge in [-0.2, -0.15) is 0 Å². The maximum Gasteiger partial charge on any atom is 0.338 e. The number of carbonyl (C=O) groups is 1. The topological polar surface area (TPSA) is 126 Å². The molecule has 0 spiro atoms. The molecule has 4 aromatic carbocycles. The fourth-order valence-corrected chi connectivity index (χ4v) is 7.52. The molecule has 0 radical (unpaired) electrons. The fraction of sp³-hybridized carbons (Fsp3) is 0.360. The van der Waals surface area contributed by atoms with Crippen LogP contribution in [0.1, 0.15) is 107 Å². The second kappa shape index (κ2) is 20.8. The van der Waals surface area contributed by atoms with Gasteiger partial charge in [0.1, 0.15) is 11.3 Å². The molecule has 0 aromatic heterocycles. The molecule has 0 amide bonds. The predicted octanol–water partition coefficient (Wildman–Crippen LogP) is 12.7. The number of nitrogens with zero attached hydrogens (tertiary/aromatic N) is 1. The lowest BCUT2D eigenvalue weighted by atomic mass is 9.89. The summed E-state index contributed by atoms with van der Waals surface area (Å²) >= 11 is 0. The third-order valence-electron chi connectivity index (χ3n) is 10.7. The molecule has 0 saturated heterocycles. The maximum absolute atomic E-state index is 13.3. The van der Waals surface area contributed by atoms with Gasteiger partial charge in [-0.15, -0.1) is 0 Å². The molecule has 0 saturated carbocycles. The highest BCUT2D eigenvalue weighted by atomic mass is 16.5. The Morgan fingerprint density at radius 2 is 1.41 bits per heavy atom. The van der Waals surface area contributed by atoms with Crippen LogP contribution in [0.4, 0.5) is 34.1 Å². The largest absolute Gasteiger partial charge is 0.465 e. The number of anilines is 5. The van der Waals surface area contributed by atoms with Crippen molar-refractivity contribution in [3.8, 4) is 22.5 Å². The Labute approximate surface area is 350 Å². The molecule has 1 heterocycles. The van der Waals surface area contributed by atoms with Crippen LogP contribution in [0.5, 0.6) is 0 Å². The van der Waals surface area contributed by atoms with E-state index in [1.165, 1.54) is 7.11 Å². The first-order valence-corrected chi connectivity index (χ1v) is 21.5. The summed E-state index contributed by atoms with van der Waals surface area (Å²) in [5.74, 6) is 0.244. The number of methoxy groups -OCH3 is 1. The van der Waals surface area contributed by atoms with Crippen molar-refractivity contribution < 1.29 is 13.9 Å². The summed E-state index contributed by atoms with van der Waals surface area (Å²) in [5, 5.41) is 16.3. The van der Waals surface area contributed by atoms with E-state index in [2.05, 4.69) is 104 Å². The molecule has 6 rings (SSSR count). The highest BCUT2D eigenvalue weighted by Crippen LogP contribution is 2.43. The van der Waals surface area contributed by atoms with Crippen molar-refractivity contribution in [2.75, 3.05) is 48.0 Å². The zero-order chi connectivity index (χ0) is 41.7.